The third-order valence-electron chi connectivity index (χ3n) is 5.10. The summed E-state index contributed by atoms with van der Waals surface area (Å²) in [5, 5.41) is 13.3. The van der Waals surface area contributed by atoms with Gasteiger partial charge in [0.15, 0.2) is 0 Å². The van der Waals surface area contributed by atoms with Crippen molar-refractivity contribution in [2.24, 2.45) is 0 Å². The Hall–Kier alpha value is -0.500. The summed E-state index contributed by atoms with van der Waals surface area (Å²) in [6, 6.07) is -0.783. The van der Waals surface area contributed by atoms with E-state index in [0.29, 0.717) is 23.9 Å². The molecule has 3 unspecified atom stereocenters. The summed E-state index contributed by atoms with van der Waals surface area (Å²) in [5.74, 6) is -0.190. The predicted molar refractivity (Wildman–Crippen MR) is 122 cm³/mol. The summed E-state index contributed by atoms with van der Waals surface area (Å²) in [6.07, 6.45) is 9.09. The van der Waals surface area contributed by atoms with Crippen LogP contribution in [0.25, 0.3) is 0 Å². The number of phosphoric ester groups is 1. The second-order valence-electron chi connectivity index (χ2n) is 9.35. The van der Waals surface area contributed by atoms with Crippen LogP contribution >= 0.6 is 7.82 Å². The molecule has 186 valence electrons. The Morgan fingerprint density at radius 2 is 1.58 bits per heavy atom. The third kappa shape index (κ3) is 18.7. The first kappa shape index (κ1) is 30.5. The molecule has 3 atom stereocenters. The summed E-state index contributed by atoms with van der Waals surface area (Å²) in [6.45, 7) is 4.44. The topological polar surface area (TPSA) is 108 Å². The lowest BCUT2D eigenvalue weighted by molar-refractivity contribution is -0.870. The number of aliphatic hydroxyl groups excluding tert-OH is 1. The molecule has 8 nitrogen and oxygen atoms in total. The second kappa shape index (κ2) is 17.0. The van der Waals surface area contributed by atoms with Gasteiger partial charge in [-0.2, -0.15) is 0 Å². The molecule has 31 heavy (non-hydrogen) atoms. The van der Waals surface area contributed by atoms with Gasteiger partial charge in [-0.3, -0.25) is 9.36 Å². The molecule has 0 aromatic heterocycles. The lowest BCUT2D eigenvalue weighted by Crippen LogP contribution is -2.46. The summed E-state index contributed by atoms with van der Waals surface area (Å²) in [5.41, 5.74) is 0. The third-order valence-corrected chi connectivity index (χ3v) is 6.06. The minimum Gasteiger partial charge on any atom is -0.756 e. The zero-order valence-electron chi connectivity index (χ0n) is 20.4. The zero-order valence-corrected chi connectivity index (χ0v) is 21.3. The molecule has 0 spiro atoms. The minimum absolute atomic E-state index is 0.0125. The van der Waals surface area contributed by atoms with Crippen LogP contribution in [0.15, 0.2) is 0 Å². The van der Waals surface area contributed by atoms with Crippen LogP contribution in [0.2, 0.25) is 0 Å². The molecule has 0 aliphatic carbocycles. The first-order valence-corrected chi connectivity index (χ1v) is 13.3. The number of carbonyl (C=O) groups excluding carboxylic acids is 1. The molecule has 0 bridgehead atoms. The van der Waals surface area contributed by atoms with Crippen molar-refractivity contribution in [3.05, 3.63) is 0 Å². The van der Waals surface area contributed by atoms with Gasteiger partial charge in [0, 0.05) is 6.42 Å². The lowest BCUT2D eigenvalue weighted by atomic mass is 10.0. The number of hydrogen-bond acceptors (Lipinski definition) is 6. The number of quaternary nitrogens is 1. The number of likely N-dealkylation sites (N-methyl/N-ethyl adjacent to an activating group) is 1. The highest BCUT2D eigenvalue weighted by Gasteiger charge is 2.24. The fourth-order valence-electron chi connectivity index (χ4n) is 3.03. The number of nitrogens with one attached hydrogen (secondary N) is 1. The molecule has 0 heterocycles. The van der Waals surface area contributed by atoms with Gasteiger partial charge in [0.05, 0.1) is 39.9 Å². The van der Waals surface area contributed by atoms with Gasteiger partial charge in [0.25, 0.3) is 7.82 Å². The smallest absolute Gasteiger partial charge is 0.268 e. The normalized spacial score (nSPS) is 16.0. The molecular weight excluding hydrogens is 419 g/mol. The van der Waals surface area contributed by atoms with E-state index in [-0.39, 0.29) is 19.1 Å². The SMILES string of the molecule is CCCCCCCC(=O)NC(COP(=O)([O-])OCC[N+](C)(C)C)C(O)CCCCCC. The summed E-state index contributed by atoms with van der Waals surface area (Å²) >= 11 is 0. The van der Waals surface area contributed by atoms with E-state index >= 15 is 0 Å². The van der Waals surface area contributed by atoms with E-state index in [1.807, 2.05) is 21.1 Å². The summed E-state index contributed by atoms with van der Waals surface area (Å²) < 4.78 is 22.6. The highest BCUT2D eigenvalue weighted by atomic mass is 31.2. The average molecular weight is 467 g/mol. The Bertz CT molecular complexity index is 513. The number of rotatable bonds is 20. The minimum atomic E-state index is -4.51. The molecule has 0 radical (unpaired) electrons. The Kier molecular flexibility index (Phi) is 16.8. The van der Waals surface area contributed by atoms with Crippen LogP contribution in [-0.2, 0) is 18.4 Å². The van der Waals surface area contributed by atoms with E-state index < -0.39 is 20.0 Å². The summed E-state index contributed by atoms with van der Waals surface area (Å²) in [4.78, 5) is 24.4. The van der Waals surface area contributed by atoms with E-state index in [0.717, 1.165) is 57.8 Å². The molecule has 1 amide bonds. The molecule has 0 aliphatic rings. The van der Waals surface area contributed by atoms with Crippen LogP contribution in [0.4, 0.5) is 0 Å². The molecule has 9 heteroatoms. The van der Waals surface area contributed by atoms with Gasteiger partial charge < -0.3 is 28.8 Å². The van der Waals surface area contributed by atoms with E-state index in [4.69, 9.17) is 9.05 Å². The van der Waals surface area contributed by atoms with Crippen LogP contribution in [0.3, 0.4) is 0 Å². The Morgan fingerprint density at radius 1 is 1.00 bits per heavy atom. The molecule has 0 aromatic carbocycles. The molecule has 0 rings (SSSR count). The lowest BCUT2D eigenvalue weighted by Gasteiger charge is -2.30. The first-order valence-electron chi connectivity index (χ1n) is 11.9. The molecular formula is C22H47N2O6P. The van der Waals surface area contributed by atoms with Crippen LogP contribution < -0.4 is 10.2 Å². The van der Waals surface area contributed by atoms with Crippen molar-refractivity contribution in [2.75, 3.05) is 40.9 Å². The van der Waals surface area contributed by atoms with Crippen molar-refractivity contribution in [3.8, 4) is 0 Å². The molecule has 0 aliphatic heterocycles. The van der Waals surface area contributed by atoms with E-state index in [1.165, 1.54) is 0 Å². The largest absolute Gasteiger partial charge is 0.756 e. The van der Waals surface area contributed by atoms with E-state index in [1.54, 1.807) is 0 Å². The van der Waals surface area contributed by atoms with Gasteiger partial charge in [0.1, 0.15) is 13.2 Å². The Morgan fingerprint density at radius 3 is 2.16 bits per heavy atom. The molecule has 2 N–H and O–H groups in total. The maximum Gasteiger partial charge on any atom is 0.268 e. The second-order valence-corrected chi connectivity index (χ2v) is 10.8. The van der Waals surface area contributed by atoms with Crippen LogP contribution in [0, 0.1) is 0 Å². The Balaban J connectivity index is 4.67. The Labute approximate surface area is 189 Å². The number of amides is 1. The number of carbonyl (C=O) groups is 1. The monoisotopic (exact) mass is 466 g/mol. The predicted octanol–water partition coefficient (Wildman–Crippen LogP) is 3.37. The van der Waals surface area contributed by atoms with Gasteiger partial charge >= 0.3 is 0 Å². The van der Waals surface area contributed by atoms with Crippen LogP contribution in [0.5, 0.6) is 0 Å². The van der Waals surface area contributed by atoms with Crippen molar-refractivity contribution in [3.63, 3.8) is 0 Å². The maximum atomic E-state index is 12.3. The quantitative estimate of drug-likeness (QED) is 0.162. The number of hydrogen-bond donors (Lipinski definition) is 2. The summed E-state index contributed by atoms with van der Waals surface area (Å²) in [7, 11) is 1.29. The number of aliphatic hydroxyl groups is 1. The average Bonchev–Trinajstić information content (AvgIpc) is 2.67. The van der Waals surface area contributed by atoms with Crippen molar-refractivity contribution in [2.45, 2.75) is 96.6 Å². The van der Waals surface area contributed by atoms with Gasteiger partial charge in [-0.15, -0.1) is 0 Å². The molecule has 0 aromatic rings. The zero-order chi connectivity index (χ0) is 23.8. The maximum absolute atomic E-state index is 12.3. The van der Waals surface area contributed by atoms with E-state index in [2.05, 4.69) is 19.2 Å². The molecule has 0 fully saturated rings. The van der Waals surface area contributed by atoms with Crippen LogP contribution in [-0.4, -0.2) is 68.5 Å². The van der Waals surface area contributed by atoms with Gasteiger partial charge in [-0.25, -0.2) is 0 Å². The highest BCUT2D eigenvalue weighted by molar-refractivity contribution is 7.45. The standard InChI is InChI=1S/C22H47N2O6P/c1-6-8-10-12-14-16-22(26)23-20(21(25)15-13-11-9-7-2)19-30-31(27,28)29-18-17-24(3,4)5/h20-21,25H,6-19H2,1-5H3,(H-,23,26,27,28). The van der Waals surface area contributed by atoms with Crippen molar-refractivity contribution in [1.82, 2.24) is 5.32 Å². The number of unbranched alkanes of at least 4 members (excludes halogenated alkanes) is 7. The van der Waals surface area contributed by atoms with Gasteiger partial charge in [-0.1, -0.05) is 65.2 Å². The van der Waals surface area contributed by atoms with Crippen molar-refractivity contribution >= 4 is 13.7 Å². The van der Waals surface area contributed by atoms with Gasteiger partial charge in [-0.05, 0) is 12.8 Å². The first-order chi connectivity index (χ1) is 14.5. The highest BCUT2D eigenvalue weighted by Crippen LogP contribution is 2.38. The molecule has 0 saturated carbocycles. The number of phosphoric acid groups is 1. The number of nitrogens with zero attached hydrogens (tertiary/aromatic N) is 1. The van der Waals surface area contributed by atoms with Crippen LogP contribution in [0.1, 0.15) is 84.5 Å². The fraction of sp³-hybridized carbons (Fsp3) is 0.955. The van der Waals surface area contributed by atoms with Crippen molar-refractivity contribution < 1.29 is 32.9 Å². The fourth-order valence-corrected chi connectivity index (χ4v) is 3.76. The molecule has 0 saturated heterocycles. The van der Waals surface area contributed by atoms with Crippen molar-refractivity contribution in [1.29, 1.82) is 0 Å². The van der Waals surface area contributed by atoms with E-state index in [9.17, 15) is 19.4 Å². The van der Waals surface area contributed by atoms with Gasteiger partial charge in [0.2, 0.25) is 5.91 Å².